The molecule has 4 heterocycles. The van der Waals surface area contributed by atoms with Gasteiger partial charge in [-0.15, -0.1) is 28.5 Å². The fourth-order valence-electron chi connectivity index (χ4n) is 8.50. The SMILES string of the molecule is CC(=O)Oc1cc(C(=O)ON=C(C(=O)N[C@@H]2C(=O)N3C(C(=O)OC(c4ccccc4)c4ccccc4)=C(CSc4nnnn4CC(=O)OC(c4ccccc4)c4ccccc4)CS[C@@H]23)c2coc(NC(=O)CCl)n2)cc(OC(C)=O)c1OC(C)=O. The van der Waals surface area contributed by atoms with Crippen LogP contribution in [0.15, 0.2) is 166 Å². The summed E-state index contributed by atoms with van der Waals surface area (Å²) in [6.45, 7) is 2.63. The molecule has 2 N–H and O–H groups in total. The zero-order valence-electron chi connectivity index (χ0n) is 44.8. The molecule has 2 atom stereocenters. The molecule has 0 saturated carbocycles. The van der Waals surface area contributed by atoms with Crippen LogP contribution in [-0.2, 0) is 59.2 Å². The molecule has 434 valence electrons. The van der Waals surface area contributed by atoms with Gasteiger partial charge in [0.25, 0.3) is 11.8 Å². The maximum atomic E-state index is 14.9. The first-order chi connectivity index (χ1) is 41.0. The molecule has 2 aliphatic rings. The lowest BCUT2D eigenvalue weighted by Crippen LogP contribution is -2.71. The summed E-state index contributed by atoms with van der Waals surface area (Å²) in [6, 6.07) is 36.2. The van der Waals surface area contributed by atoms with Gasteiger partial charge < -0.3 is 38.3 Å². The minimum absolute atomic E-state index is 0.00742. The van der Waals surface area contributed by atoms with E-state index in [4.69, 9.17) is 44.5 Å². The Balaban J connectivity index is 0.998. The van der Waals surface area contributed by atoms with E-state index in [2.05, 4.69) is 36.3 Å². The van der Waals surface area contributed by atoms with Gasteiger partial charge in [0.05, 0.1) is 5.56 Å². The van der Waals surface area contributed by atoms with Crippen molar-refractivity contribution in [3.63, 3.8) is 0 Å². The fourth-order valence-corrected chi connectivity index (χ4v) is 10.9. The number of ether oxygens (including phenoxy) is 5. The molecule has 0 aliphatic carbocycles. The number of oxazole rings is 1. The topological polar surface area (TPSA) is 318 Å². The largest absolute Gasteiger partial charge is 0.451 e. The number of fused-ring (bicyclic) bond motifs is 1. The number of tetrazole rings is 1. The van der Waals surface area contributed by atoms with Crippen LogP contribution >= 0.6 is 35.1 Å². The van der Waals surface area contributed by atoms with Gasteiger partial charge in [-0.1, -0.05) is 138 Å². The molecule has 0 radical (unpaired) electrons. The van der Waals surface area contributed by atoms with Gasteiger partial charge in [-0.2, -0.15) is 4.98 Å². The number of rotatable bonds is 22. The van der Waals surface area contributed by atoms with Crippen molar-refractivity contribution in [1.29, 1.82) is 0 Å². The smallest absolute Gasteiger partial charge is 0.366 e. The summed E-state index contributed by atoms with van der Waals surface area (Å²) >= 11 is 7.90. The first kappa shape index (κ1) is 59.6. The second-order valence-corrected chi connectivity index (χ2v) is 20.5. The number of anilines is 1. The summed E-state index contributed by atoms with van der Waals surface area (Å²) in [6.07, 6.45) is -0.830. The molecule has 5 aromatic carbocycles. The number of carbonyl (C=O) groups excluding carboxylic acids is 9. The van der Waals surface area contributed by atoms with E-state index in [1.165, 1.54) is 21.3 Å². The molecule has 25 nitrogen and oxygen atoms in total. The highest BCUT2D eigenvalue weighted by Gasteiger charge is 2.55. The number of carbonyl (C=O) groups is 9. The number of alkyl halides is 1. The average molecular weight is 1210 g/mol. The number of hydrogen-bond donors (Lipinski definition) is 2. The Kier molecular flexibility index (Phi) is 19.2. The summed E-state index contributed by atoms with van der Waals surface area (Å²) in [5.74, 6) is -10.5. The normalized spacial score (nSPS) is 14.6. The van der Waals surface area contributed by atoms with Crippen molar-refractivity contribution in [2.45, 2.75) is 56.1 Å². The van der Waals surface area contributed by atoms with Crippen molar-refractivity contribution < 1.29 is 76.1 Å². The molecule has 1 saturated heterocycles. The van der Waals surface area contributed by atoms with Crippen LogP contribution in [0.4, 0.5) is 6.01 Å². The zero-order chi connectivity index (χ0) is 60.1. The van der Waals surface area contributed by atoms with Crippen LogP contribution in [0.2, 0.25) is 0 Å². The Bertz CT molecular complexity index is 3640. The molecule has 0 spiro atoms. The number of esters is 5. The molecule has 2 aliphatic heterocycles. The Morgan fingerprint density at radius 1 is 0.753 bits per heavy atom. The average Bonchev–Trinajstić information content (AvgIpc) is 3.31. The highest BCUT2D eigenvalue weighted by atomic mass is 35.5. The third kappa shape index (κ3) is 14.6. The lowest BCUT2D eigenvalue weighted by Gasteiger charge is -2.49. The Labute approximate surface area is 495 Å². The van der Waals surface area contributed by atoms with E-state index < -0.39 is 123 Å². The van der Waals surface area contributed by atoms with E-state index in [0.717, 1.165) is 62.1 Å². The van der Waals surface area contributed by atoms with Crippen molar-refractivity contribution in [2.75, 3.05) is 22.7 Å². The molecule has 85 heavy (non-hydrogen) atoms. The predicted molar refractivity (Wildman–Crippen MR) is 300 cm³/mol. The van der Waals surface area contributed by atoms with Gasteiger partial charge in [0.2, 0.25) is 16.8 Å². The standard InChI is InChI=1S/C57H46ClN9O16S2/c1-31(68)78-41-24-38(25-42(79-32(2)69)50(41)80-33(3)70)54(75)83-63-45(40-28-77-56(59-40)60-43(71)26-58)51(73)61-46-52(74)67-47(55(76)82-49(36-20-12-6-13-21-36)37-22-14-7-15-23-37)39(29-84-53(46)67)30-85-57-62-64-65-66(57)27-44(72)81-48(34-16-8-4-9-17-34)35-18-10-5-11-19-35/h4-25,28,46,48-49,53H,26-27,29-30H2,1-3H3,(H,61,73)(H,59,60,71)/t46-,53+/m1/s1. The molecule has 7 aromatic rings. The van der Waals surface area contributed by atoms with Gasteiger partial charge in [0, 0.05) is 32.3 Å². The Morgan fingerprint density at radius 3 is 1.82 bits per heavy atom. The number of thioether (sulfide) groups is 2. The van der Waals surface area contributed by atoms with Gasteiger partial charge in [0.15, 0.2) is 29.4 Å². The molecular formula is C57H46ClN9O16S2. The number of nitrogens with one attached hydrogen (secondary N) is 2. The van der Waals surface area contributed by atoms with Crippen LogP contribution in [-0.4, -0.2) is 118 Å². The second kappa shape index (κ2) is 27.4. The minimum atomic E-state index is -1.39. The summed E-state index contributed by atoms with van der Waals surface area (Å²) in [5, 5.41) is 19.8. The number of amides is 3. The molecule has 2 aromatic heterocycles. The third-order valence-electron chi connectivity index (χ3n) is 12.1. The lowest BCUT2D eigenvalue weighted by atomic mass is 10.0. The van der Waals surface area contributed by atoms with E-state index in [1.54, 1.807) is 60.7 Å². The van der Waals surface area contributed by atoms with Crippen LogP contribution in [0, 0.1) is 0 Å². The zero-order valence-corrected chi connectivity index (χ0v) is 47.2. The molecule has 0 bridgehead atoms. The van der Waals surface area contributed by atoms with Crippen molar-refractivity contribution in [2.24, 2.45) is 5.16 Å². The van der Waals surface area contributed by atoms with Crippen molar-refractivity contribution in [3.05, 3.63) is 185 Å². The molecule has 9 rings (SSSR count). The van der Waals surface area contributed by atoms with E-state index in [1.807, 2.05) is 60.7 Å². The van der Waals surface area contributed by atoms with Crippen molar-refractivity contribution >= 4 is 100 Å². The number of oxime groups is 1. The quantitative estimate of drug-likeness (QED) is 0.0110. The third-order valence-corrected chi connectivity index (χ3v) is 14.7. The van der Waals surface area contributed by atoms with Crippen LogP contribution in [0.5, 0.6) is 17.2 Å². The number of β-lactam (4-membered cyclic amide) rings is 1. The fraction of sp³-hybridized carbons (Fsp3) is 0.193. The first-order valence-electron chi connectivity index (χ1n) is 25.4. The summed E-state index contributed by atoms with van der Waals surface area (Å²) in [7, 11) is 0. The van der Waals surface area contributed by atoms with Crippen LogP contribution in [0.3, 0.4) is 0 Å². The predicted octanol–water partition coefficient (Wildman–Crippen LogP) is 6.29. The summed E-state index contributed by atoms with van der Waals surface area (Å²) < 4.78 is 34.3. The van der Waals surface area contributed by atoms with Crippen LogP contribution < -0.4 is 24.8 Å². The van der Waals surface area contributed by atoms with Gasteiger partial charge >= 0.3 is 41.8 Å². The van der Waals surface area contributed by atoms with Crippen molar-refractivity contribution in [1.82, 2.24) is 35.4 Å². The van der Waals surface area contributed by atoms with E-state index in [9.17, 15) is 43.2 Å². The van der Waals surface area contributed by atoms with E-state index >= 15 is 0 Å². The number of nitrogens with zero attached hydrogens (tertiary/aromatic N) is 7. The highest BCUT2D eigenvalue weighted by molar-refractivity contribution is 8.01. The summed E-state index contributed by atoms with van der Waals surface area (Å²) in [5.41, 5.74) is 1.22. The molecule has 3 amide bonds. The van der Waals surface area contributed by atoms with Gasteiger partial charge in [-0.3, -0.25) is 43.8 Å². The molecule has 0 unspecified atom stereocenters. The monoisotopic (exact) mass is 1210 g/mol. The second-order valence-electron chi connectivity index (χ2n) is 18.1. The Hall–Kier alpha value is -9.99. The van der Waals surface area contributed by atoms with E-state index in [-0.39, 0.29) is 28.9 Å². The number of aromatic nitrogens is 5. The lowest BCUT2D eigenvalue weighted by molar-refractivity contribution is -0.154. The number of halogens is 1. The molecule has 1 fully saturated rings. The molecule has 28 heteroatoms. The maximum absolute atomic E-state index is 14.9. The maximum Gasteiger partial charge on any atom is 0.366 e. The minimum Gasteiger partial charge on any atom is -0.451 e. The number of benzene rings is 5. The van der Waals surface area contributed by atoms with Crippen LogP contribution in [0.1, 0.15) is 71.3 Å². The highest BCUT2D eigenvalue weighted by Crippen LogP contribution is 2.44. The van der Waals surface area contributed by atoms with Gasteiger partial charge in [-0.05, 0) is 50.4 Å². The Morgan fingerprint density at radius 2 is 1.29 bits per heavy atom. The first-order valence-corrected chi connectivity index (χ1v) is 27.9. The number of hydrogen-bond acceptors (Lipinski definition) is 23. The van der Waals surface area contributed by atoms with Crippen LogP contribution in [0.25, 0.3) is 0 Å². The van der Waals surface area contributed by atoms with Crippen molar-refractivity contribution in [3.8, 4) is 17.2 Å². The van der Waals surface area contributed by atoms with Gasteiger partial charge in [-0.25, -0.2) is 14.3 Å². The van der Waals surface area contributed by atoms with E-state index in [0.29, 0.717) is 16.7 Å². The molecular weight excluding hydrogens is 1170 g/mol. The summed E-state index contributed by atoms with van der Waals surface area (Å²) in [4.78, 5) is 130. The van der Waals surface area contributed by atoms with Gasteiger partial charge in [0.1, 0.15) is 41.5 Å².